The molecule has 2 aromatic rings. The minimum atomic E-state index is -1.21. The molecule has 1 heterocycles. The van der Waals surface area contributed by atoms with Crippen molar-refractivity contribution in [1.82, 2.24) is 0 Å². The molecule has 0 saturated heterocycles. The highest BCUT2D eigenvalue weighted by Gasteiger charge is 2.15. The Kier molecular flexibility index (Phi) is 3.98. The van der Waals surface area contributed by atoms with Gasteiger partial charge < -0.3 is 9.84 Å². The van der Waals surface area contributed by atoms with Crippen molar-refractivity contribution in [3.8, 4) is 5.75 Å². The van der Waals surface area contributed by atoms with E-state index in [1.165, 1.54) is 29.5 Å². The first-order valence-electron chi connectivity index (χ1n) is 4.96. The molecule has 1 aromatic heterocycles. The Morgan fingerprint density at radius 1 is 1.39 bits per heavy atom. The summed E-state index contributed by atoms with van der Waals surface area (Å²) in [5.74, 6) is -2.11. The number of para-hydroxylation sites is 1. The first kappa shape index (κ1) is 13.0. The van der Waals surface area contributed by atoms with E-state index in [-0.39, 0.29) is 17.9 Å². The molecule has 0 unspecified atom stereocenters. The predicted octanol–water partition coefficient (Wildman–Crippen LogP) is 3.93. The lowest BCUT2D eigenvalue weighted by Crippen LogP contribution is -2.04. The quantitative estimate of drug-likeness (QED) is 0.923. The van der Waals surface area contributed by atoms with E-state index in [0.717, 1.165) is 8.66 Å². The molecule has 3 nitrogen and oxygen atoms in total. The molecule has 2 rings (SSSR count). The third-order valence-corrected chi connectivity index (χ3v) is 3.78. The Labute approximate surface area is 115 Å². The highest BCUT2D eigenvalue weighted by atomic mass is 79.9. The number of thiophene rings is 1. The number of hydrogen-bond donors (Lipinski definition) is 1. The van der Waals surface area contributed by atoms with Gasteiger partial charge in [-0.2, -0.15) is 0 Å². The summed E-state index contributed by atoms with van der Waals surface area (Å²) in [5, 5.41) is 8.94. The molecule has 0 atom stereocenters. The number of carboxylic acid groups (broad SMARTS) is 1. The lowest BCUT2D eigenvalue weighted by Gasteiger charge is -2.08. The van der Waals surface area contributed by atoms with E-state index < -0.39 is 11.8 Å². The summed E-state index contributed by atoms with van der Waals surface area (Å²) in [7, 11) is 0. The van der Waals surface area contributed by atoms with Crippen LogP contribution < -0.4 is 4.74 Å². The summed E-state index contributed by atoms with van der Waals surface area (Å²) in [5.41, 5.74) is -0.175. The van der Waals surface area contributed by atoms with Gasteiger partial charge in [-0.15, -0.1) is 11.3 Å². The highest BCUT2D eigenvalue weighted by molar-refractivity contribution is 9.11. The van der Waals surface area contributed by atoms with Crippen LogP contribution >= 0.6 is 27.3 Å². The average molecular weight is 331 g/mol. The van der Waals surface area contributed by atoms with Crippen LogP contribution in [0.3, 0.4) is 0 Å². The molecular formula is C12H8BrFO3S. The molecule has 94 valence electrons. The fourth-order valence-corrected chi connectivity index (χ4v) is 2.79. The first-order valence-corrected chi connectivity index (χ1v) is 6.57. The topological polar surface area (TPSA) is 46.5 Å². The molecular weight excluding hydrogens is 323 g/mol. The lowest BCUT2D eigenvalue weighted by atomic mass is 10.2. The van der Waals surface area contributed by atoms with Gasteiger partial charge in [-0.05, 0) is 40.2 Å². The van der Waals surface area contributed by atoms with E-state index in [2.05, 4.69) is 15.9 Å². The molecule has 0 aliphatic rings. The Hall–Kier alpha value is -1.40. The van der Waals surface area contributed by atoms with Crippen molar-refractivity contribution in [1.29, 1.82) is 0 Å². The molecule has 1 N–H and O–H groups in total. The van der Waals surface area contributed by atoms with Gasteiger partial charge >= 0.3 is 5.97 Å². The van der Waals surface area contributed by atoms with Crippen LogP contribution in [0.4, 0.5) is 4.39 Å². The zero-order chi connectivity index (χ0) is 13.1. The van der Waals surface area contributed by atoms with Gasteiger partial charge in [0, 0.05) is 4.88 Å². The zero-order valence-electron chi connectivity index (χ0n) is 9.02. The Bertz CT molecular complexity index is 582. The number of aromatic carboxylic acids is 1. The van der Waals surface area contributed by atoms with Crippen molar-refractivity contribution < 1.29 is 19.0 Å². The summed E-state index contributed by atoms with van der Waals surface area (Å²) >= 11 is 4.75. The summed E-state index contributed by atoms with van der Waals surface area (Å²) in [6.07, 6.45) is 0. The van der Waals surface area contributed by atoms with Gasteiger partial charge in [0.25, 0.3) is 0 Å². The van der Waals surface area contributed by atoms with Crippen LogP contribution in [0.5, 0.6) is 5.75 Å². The van der Waals surface area contributed by atoms with Crippen molar-refractivity contribution in [2.75, 3.05) is 0 Å². The maximum absolute atomic E-state index is 13.5. The van der Waals surface area contributed by atoms with Crippen LogP contribution in [0.15, 0.2) is 34.1 Å². The molecule has 0 spiro atoms. The third-order valence-electron chi connectivity index (χ3n) is 2.19. The molecule has 0 aliphatic heterocycles. The number of halogens is 2. The fourth-order valence-electron chi connectivity index (χ4n) is 1.40. The molecule has 0 fully saturated rings. The number of hydrogen-bond acceptors (Lipinski definition) is 3. The molecule has 6 heteroatoms. The molecule has 0 saturated carbocycles. The second-order valence-corrected chi connectivity index (χ2v) is 5.96. The van der Waals surface area contributed by atoms with Crippen molar-refractivity contribution in [2.45, 2.75) is 6.61 Å². The lowest BCUT2D eigenvalue weighted by molar-refractivity contribution is 0.0690. The van der Waals surface area contributed by atoms with Gasteiger partial charge in [0.2, 0.25) is 0 Å². The van der Waals surface area contributed by atoms with Gasteiger partial charge in [0.05, 0.1) is 3.79 Å². The molecule has 0 radical (unpaired) electrons. The third kappa shape index (κ3) is 2.88. The zero-order valence-corrected chi connectivity index (χ0v) is 11.4. The fraction of sp³-hybridized carbons (Fsp3) is 0.0833. The Morgan fingerprint density at radius 3 is 2.78 bits per heavy atom. The standard InChI is InChI=1S/C12H8BrFO3S/c13-10-5-4-7(18-10)6-17-11-8(12(15)16)2-1-3-9(11)14/h1-5H,6H2,(H,15,16). The second-order valence-electron chi connectivity index (χ2n) is 3.42. The van der Waals surface area contributed by atoms with Crippen LogP contribution in [0.25, 0.3) is 0 Å². The SMILES string of the molecule is O=C(O)c1cccc(F)c1OCc1ccc(Br)s1. The summed E-state index contributed by atoms with van der Waals surface area (Å²) in [6, 6.07) is 7.50. The van der Waals surface area contributed by atoms with Gasteiger partial charge in [-0.1, -0.05) is 6.07 Å². The number of carboxylic acids is 1. The van der Waals surface area contributed by atoms with Gasteiger partial charge in [0.1, 0.15) is 12.2 Å². The maximum atomic E-state index is 13.5. The first-order chi connectivity index (χ1) is 8.58. The summed E-state index contributed by atoms with van der Waals surface area (Å²) in [4.78, 5) is 11.8. The Balaban J connectivity index is 2.20. The molecule has 1 aromatic carbocycles. The van der Waals surface area contributed by atoms with E-state index in [1.807, 2.05) is 12.1 Å². The van der Waals surface area contributed by atoms with Crippen LogP contribution in [0.1, 0.15) is 15.2 Å². The smallest absolute Gasteiger partial charge is 0.339 e. The number of rotatable bonds is 4. The van der Waals surface area contributed by atoms with Crippen molar-refractivity contribution in [3.05, 3.63) is 50.4 Å². The van der Waals surface area contributed by atoms with E-state index in [4.69, 9.17) is 9.84 Å². The molecule has 18 heavy (non-hydrogen) atoms. The maximum Gasteiger partial charge on any atom is 0.339 e. The molecule has 0 amide bonds. The largest absolute Gasteiger partial charge is 0.484 e. The number of carbonyl (C=O) groups is 1. The van der Waals surface area contributed by atoms with Crippen LogP contribution in [-0.2, 0) is 6.61 Å². The minimum absolute atomic E-state index is 0.136. The predicted molar refractivity (Wildman–Crippen MR) is 69.7 cm³/mol. The van der Waals surface area contributed by atoms with E-state index in [0.29, 0.717) is 0 Å². The molecule has 0 bridgehead atoms. The monoisotopic (exact) mass is 330 g/mol. The van der Waals surface area contributed by atoms with Crippen LogP contribution in [-0.4, -0.2) is 11.1 Å². The minimum Gasteiger partial charge on any atom is -0.484 e. The van der Waals surface area contributed by atoms with Gasteiger partial charge in [-0.3, -0.25) is 0 Å². The summed E-state index contributed by atoms with van der Waals surface area (Å²) in [6.45, 7) is 0.136. The highest BCUT2D eigenvalue weighted by Crippen LogP contribution is 2.27. The molecule has 0 aliphatic carbocycles. The number of benzene rings is 1. The second kappa shape index (κ2) is 5.49. The van der Waals surface area contributed by atoms with E-state index >= 15 is 0 Å². The normalized spacial score (nSPS) is 10.3. The number of ether oxygens (including phenoxy) is 1. The van der Waals surface area contributed by atoms with Crippen molar-refractivity contribution in [3.63, 3.8) is 0 Å². The van der Waals surface area contributed by atoms with Crippen LogP contribution in [0.2, 0.25) is 0 Å². The van der Waals surface area contributed by atoms with Gasteiger partial charge in [0.15, 0.2) is 11.6 Å². The van der Waals surface area contributed by atoms with E-state index in [9.17, 15) is 9.18 Å². The van der Waals surface area contributed by atoms with Gasteiger partial charge in [-0.25, -0.2) is 9.18 Å². The summed E-state index contributed by atoms with van der Waals surface area (Å²) < 4.78 is 19.7. The van der Waals surface area contributed by atoms with E-state index in [1.54, 1.807) is 0 Å². The van der Waals surface area contributed by atoms with Crippen molar-refractivity contribution in [2.24, 2.45) is 0 Å². The van der Waals surface area contributed by atoms with Crippen LogP contribution in [0, 0.1) is 5.82 Å². The Morgan fingerprint density at radius 2 is 2.17 bits per heavy atom. The van der Waals surface area contributed by atoms with Crippen molar-refractivity contribution >= 4 is 33.2 Å². The average Bonchev–Trinajstić information content (AvgIpc) is 2.73.